The summed E-state index contributed by atoms with van der Waals surface area (Å²) in [6, 6.07) is 3.92. The largest absolute Gasteiger partial charge is 0.474 e. The minimum Gasteiger partial charge on any atom is -0.474 e. The van der Waals surface area contributed by atoms with Gasteiger partial charge in [-0.2, -0.15) is 0 Å². The first kappa shape index (κ1) is 26.9. The van der Waals surface area contributed by atoms with Crippen molar-refractivity contribution in [3.63, 3.8) is 0 Å². The second-order valence-corrected chi connectivity index (χ2v) is 11.5. The zero-order chi connectivity index (χ0) is 28.7. The fourth-order valence-electron chi connectivity index (χ4n) is 6.27. The van der Waals surface area contributed by atoms with Crippen LogP contribution in [0.2, 0.25) is 0 Å². The number of carbonyl (C=O) groups is 1. The van der Waals surface area contributed by atoms with E-state index in [1.165, 1.54) is 30.9 Å². The zero-order valence-corrected chi connectivity index (χ0v) is 23.4. The highest BCUT2D eigenvalue weighted by Gasteiger charge is 2.54. The van der Waals surface area contributed by atoms with Crippen LogP contribution in [0.1, 0.15) is 55.2 Å². The average Bonchev–Trinajstić information content (AvgIpc) is 3.35. The van der Waals surface area contributed by atoms with Crippen LogP contribution in [0.3, 0.4) is 0 Å². The number of rotatable bonds is 8. The summed E-state index contributed by atoms with van der Waals surface area (Å²) in [7, 11) is 0. The van der Waals surface area contributed by atoms with E-state index in [1.807, 2.05) is 20.8 Å². The Morgan fingerprint density at radius 3 is 2.76 bits per heavy atom. The van der Waals surface area contributed by atoms with E-state index in [0.29, 0.717) is 36.6 Å². The maximum atomic E-state index is 14.2. The molecule has 3 aromatic rings. The Labute approximate surface area is 238 Å². The number of halogens is 1. The predicted molar refractivity (Wildman–Crippen MR) is 149 cm³/mol. The summed E-state index contributed by atoms with van der Waals surface area (Å²) in [5.41, 5.74) is 2.16. The smallest absolute Gasteiger partial charge is 0.278 e. The molecule has 6 rings (SSSR count). The van der Waals surface area contributed by atoms with Crippen molar-refractivity contribution in [3.8, 4) is 23.3 Å². The zero-order valence-electron chi connectivity index (χ0n) is 23.4. The Bertz CT molecular complexity index is 1520. The summed E-state index contributed by atoms with van der Waals surface area (Å²) in [4.78, 5) is 34.4. The molecule has 1 amide bonds. The van der Waals surface area contributed by atoms with Crippen LogP contribution in [-0.4, -0.2) is 69.2 Å². The molecular weight excluding hydrogens is 524 g/mol. The Kier molecular flexibility index (Phi) is 6.97. The summed E-state index contributed by atoms with van der Waals surface area (Å²) in [6.45, 7) is 7.73. The molecule has 0 N–H and O–H groups in total. The predicted octanol–water partition coefficient (Wildman–Crippen LogP) is 3.85. The van der Waals surface area contributed by atoms with Gasteiger partial charge in [-0.05, 0) is 64.5 Å². The minimum absolute atomic E-state index is 0.0449. The molecule has 1 spiro atoms. The highest BCUT2D eigenvalue weighted by atomic mass is 19.1. The van der Waals surface area contributed by atoms with Crippen LogP contribution in [-0.2, 0) is 12.6 Å². The van der Waals surface area contributed by atoms with Crippen molar-refractivity contribution in [1.82, 2.24) is 24.8 Å². The van der Waals surface area contributed by atoms with Gasteiger partial charge in [-0.3, -0.25) is 4.79 Å². The van der Waals surface area contributed by atoms with Crippen LogP contribution in [0.15, 0.2) is 37.1 Å². The number of hydrogen-bond acceptors (Lipinski definition) is 9. The number of anilines is 1. The molecule has 0 radical (unpaired) electrons. The first-order chi connectivity index (χ1) is 19.8. The first-order valence-corrected chi connectivity index (χ1v) is 14.0. The Hall–Kier alpha value is -4.27. The van der Waals surface area contributed by atoms with Gasteiger partial charge in [-0.25, -0.2) is 29.6 Å². The molecule has 3 aliphatic rings. The van der Waals surface area contributed by atoms with Crippen LogP contribution in [0.4, 0.5) is 10.2 Å². The van der Waals surface area contributed by atoms with Gasteiger partial charge in [0.2, 0.25) is 5.88 Å². The van der Waals surface area contributed by atoms with Gasteiger partial charge in [0.25, 0.3) is 12.6 Å². The molecule has 1 saturated heterocycles. The van der Waals surface area contributed by atoms with E-state index in [-0.39, 0.29) is 41.5 Å². The van der Waals surface area contributed by atoms with Crippen molar-refractivity contribution in [2.75, 3.05) is 24.5 Å². The molecule has 2 aliphatic heterocycles. The third kappa shape index (κ3) is 5.05. The monoisotopic (exact) mass is 555 g/mol. The van der Waals surface area contributed by atoms with Crippen LogP contribution < -0.4 is 14.4 Å². The molecule has 1 aromatic carbocycles. The second kappa shape index (κ2) is 10.6. The maximum Gasteiger partial charge on any atom is 0.278 e. The van der Waals surface area contributed by atoms with E-state index in [9.17, 15) is 14.4 Å². The number of carbonyl (C=O) groups excluding carboxylic acids is 1. The first-order valence-electron chi connectivity index (χ1n) is 14.0. The lowest BCUT2D eigenvalue weighted by Crippen LogP contribution is -2.65. The Morgan fingerprint density at radius 1 is 1.22 bits per heavy atom. The van der Waals surface area contributed by atoms with E-state index in [1.54, 1.807) is 11.1 Å². The maximum absolute atomic E-state index is 14.2. The van der Waals surface area contributed by atoms with Crippen LogP contribution in [0, 0.1) is 22.5 Å². The molecule has 12 heteroatoms. The van der Waals surface area contributed by atoms with E-state index in [2.05, 4.69) is 30.8 Å². The van der Waals surface area contributed by atoms with Crippen LogP contribution in [0.5, 0.6) is 17.4 Å². The normalized spacial score (nSPS) is 17.1. The van der Waals surface area contributed by atoms with Gasteiger partial charge >= 0.3 is 0 Å². The van der Waals surface area contributed by atoms with E-state index in [0.717, 1.165) is 37.2 Å². The van der Waals surface area contributed by atoms with Gasteiger partial charge in [0.15, 0.2) is 11.6 Å². The van der Waals surface area contributed by atoms with E-state index >= 15 is 0 Å². The fourth-order valence-corrected chi connectivity index (χ4v) is 6.27. The van der Waals surface area contributed by atoms with Gasteiger partial charge in [0.1, 0.15) is 30.3 Å². The molecule has 1 aliphatic carbocycles. The lowest BCUT2D eigenvalue weighted by molar-refractivity contribution is -0.0369. The van der Waals surface area contributed by atoms with Crippen molar-refractivity contribution >= 4 is 18.4 Å². The lowest BCUT2D eigenvalue weighted by atomic mass is 9.49. The van der Waals surface area contributed by atoms with Crippen molar-refractivity contribution in [1.29, 1.82) is 5.26 Å². The van der Waals surface area contributed by atoms with Gasteiger partial charge < -0.3 is 19.3 Å². The number of aromatic nitrogens is 4. The molecule has 210 valence electrons. The molecule has 41 heavy (non-hydrogen) atoms. The third-order valence-corrected chi connectivity index (χ3v) is 8.30. The van der Waals surface area contributed by atoms with Gasteiger partial charge in [0, 0.05) is 48.3 Å². The number of nitriles is 1. The van der Waals surface area contributed by atoms with Crippen molar-refractivity contribution in [3.05, 3.63) is 59.7 Å². The minimum atomic E-state index is -0.506. The number of nitrogens with zero attached hydrogens (tertiary/aromatic N) is 7. The molecule has 0 atom stereocenters. The third-order valence-electron chi connectivity index (χ3n) is 8.30. The molecular formula is C29H31BFN7O3. The summed E-state index contributed by atoms with van der Waals surface area (Å²) >= 11 is 0. The van der Waals surface area contributed by atoms with E-state index < -0.39 is 5.82 Å². The molecule has 0 unspecified atom stereocenters. The molecule has 2 fully saturated rings. The fraction of sp³-hybridized carbons (Fsp3) is 0.448. The van der Waals surface area contributed by atoms with Crippen molar-refractivity contribution < 1.29 is 18.7 Å². The highest BCUT2D eigenvalue weighted by molar-refractivity contribution is 6.66. The van der Waals surface area contributed by atoms with Crippen LogP contribution in [0.25, 0.3) is 0 Å². The quantitative estimate of drug-likeness (QED) is 0.382. The van der Waals surface area contributed by atoms with Crippen molar-refractivity contribution in [2.45, 2.75) is 58.4 Å². The van der Waals surface area contributed by atoms with Gasteiger partial charge in [-0.1, -0.05) is 0 Å². The summed E-state index contributed by atoms with van der Waals surface area (Å²) in [5, 5.41) is 9.30. The molecule has 0 bridgehead atoms. The Balaban J connectivity index is 1.12. The van der Waals surface area contributed by atoms with Crippen molar-refractivity contribution in [2.24, 2.45) is 5.41 Å². The number of ether oxygens (including phenoxy) is 2. The van der Waals surface area contributed by atoms with Gasteiger partial charge in [0.05, 0.1) is 11.8 Å². The molecule has 2 aromatic heterocycles. The summed E-state index contributed by atoms with van der Waals surface area (Å²) < 4.78 is 26.6. The SMILES string of the molecule is CCN(C(=O)c1cc(F)ccc1Oc1cncnc1N1CC2(CC(Oc3ncnc4c3CB(C#N)C4)C2)C1)C(C)C. The molecule has 10 nitrogen and oxygen atoms in total. The second-order valence-electron chi connectivity index (χ2n) is 11.5. The number of fused-ring (bicyclic) bond motifs is 1. The summed E-state index contributed by atoms with van der Waals surface area (Å²) in [5.74, 6) is 3.44. The highest BCUT2D eigenvalue weighted by Crippen LogP contribution is 2.52. The average molecular weight is 555 g/mol. The summed E-state index contributed by atoms with van der Waals surface area (Å²) in [6.07, 6.45) is 7.70. The number of benzene rings is 1. The standard InChI is InChI=1S/C29H31BFN7O3/c1-4-38(18(2)3)28(39)21-7-19(31)5-6-24(21)41-25-12-33-16-35-26(25)37-13-29(14-37)8-20(9-29)40-27-22-10-30(15-32)11-23(22)34-17-36-27/h5-7,12,16-18,20H,4,8-11,13-14H2,1-3H3. The number of amides is 1. The topological polar surface area (TPSA) is 117 Å². The van der Waals surface area contributed by atoms with E-state index in [4.69, 9.17) is 9.47 Å². The molecule has 4 heterocycles. The van der Waals surface area contributed by atoms with Crippen LogP contribution >= 0.6 is 0 Å². The van der Waals surface area contributed by atoms with Gasteiger partial charge in [-0.15, -0.1) is 0 Å². The lowest BCUT2D eigenvalue weighted by Gasteiger charge is -2.58. The Morgan fingerprint density at radius 2 is 2.02 bits per heavy atom. The number of hydrogen-bond donors (Lipinski definition) is 0. The molecule has 1 saturated carbocycles.